The van der Waals surface area contributed by atoms with Crippen LogP contribution in [0, 0.1) is 6.92 Å². The average molecular weight is 320 g/mol. The van der Waals surface area contributed by atoms with Crippen LogP contribution in [-0.4, -0.2) is 27.2 Å². The molecule has 1 aromatic rings. The number of hydrogen-bond acceptors (Lipinski definition) is 4. The zero-order valence-electron chi connectivity index (χ0n) is 10.3. The third-order valence-electron chi connectivity index (χ3n) is 2.52. The summed E-state index contributed by atoms with van der Waals surface area (Å²) in [6, 6.07) is 0.228. The number of nitrogen functional groups attached to an aromatic ring is 1. The van der Waals surface area contributed by atoms with Gasteiger partial charge in [0.05, 0.1) is 16.4 Å². The van der Waals surface area contributed by atoms with Crippen molar-refractivity contribution in [3.05, 3.63) is 16.2 Å². The predicted octanol–water partition coefficient (Wildman–Crippen LogP) is 2.30. The molecule has 0 aliphatic carbocycles. The van der Waals surface area contributed by atoms with Crippen LogP contribution >= 0.6 is 15.9 Å². The molecule has 1 heterocycles. The van der Waals surface area contributed by atoms with Gasteiger partial charge in [-0.25, -0.2) is 4.98 Å². The molecule has 0 saturated heterocycles. The summed E-state index contributed by atoms with van der Waals surface area (Å²) in [7, 11) is -0.750. The molecule has 17 heavy (non-hydrogen) atoms. The number of hydrogen-bond donors (Lipinski definition) is 2. The van der Waals surface area contributed by atoms with Gasteiger partial charge in [0.25, 0.3) is 0 Å². The van der Waals surface area contributed by atoms with Crippen LogP contribution in [0.3, 0.4) is 0 Å². The van der Waals surface area contributed by atoms with Crippen molar-refractivity contribution >= 4 is 38.2 Å². The molecular weight excluding hydrogens is 302 g/mol. The molecule has 96 valence electrons. The zero-order chi connectivity index (χ0) is 13.0. The van der Waals surface area contributed by atoms with Gasteiger partial charge in [-0.15, -0.1) is 0 Å². The lowest BCUT2D eigenvalue weighted by atomic mass is 10.2. The topological polar surface area (TPSA) is 68.0 Å². The minimum Gasteiger partial charge on any atom is -0.397 e. The minimum atomic E-state index is -0.750. The van der Waals surface area contributed by atoms with Crippen molar-refractivity contribution in [3.63, 3.8) is 0 Å². The molecule has 6 heteroatoms. The Hall–Kier alpha value is -0.620. The van der Waals surface area contributed by atoms with Gasteiger partial charge in [0, 0.05) is 28.9 Å². The van der Waals surface area contributed by atoms with Gasteiger partial charge in [-0.2, -0.15) is 0 Å². The third-order valence-corrected chi connectivity index (χ3v) is 4.31. The highest BCUT2D eigenvalue weighted by Crippen LogP contribution is 2.28. The van der Waals surface area contributed by atoms with E-state index in [2.05, 4.69) is 26.2 Å². The maximum Gasteiger partial charge on any atom is 0.140 e. The minimum absolute atomic E-state index is 0.228. The summed E-state index contributed by atoms with van der Waals surface area (Å²) >= 11 is 3.47. The van der Waals surface area contributed by atoms with E-state index >= 15 is 0 Å². The Morgan fingerprint density at radius 3 is 2.88 bits per heavy atom. The Kier molecular flexibility index (Phi) is 5.39. The highest BCUT2D eigenvalue weighted by molar-refractivity contribution is 9.10. The second-order valence-corrected chi connectivity index (χ2v) is 6.46. The fraction of sp³-hybridized carbons (Fsp3) is 0.545. The first-order valence-corrected chi connectivity index (χ1v) is 7.91. The molecule has 0 spiro atoms. The van der Waals surface area contributed by atoms with Crippen LogP contribution < -0.4 is 11.1 Å². The van der Waals surface area contributed by atoms with E-state index in [9.17, 15) is 4.21 Å². The van der Waals surface area contributed by atoms with Gasteiger partial charge in [-0.3, -0.25) is 4.21 Å². The normalized spacial score (nSPS) is 14.4. The van der Waals surface area contributed by atoms with E-state index in [0.29, 0.717) is 11.4 Å². The Labute approximate surface area is 113 Å². The van der Waals surface area contributed by atoms with Gasteiger partial charge in [0.2, 0.25) is 0 Å². The first-order chi connectivity index (χ1) is 7.91. The molecule has 0 aliphatic rings. The molecule has 0 amide bonds. The second kappa shape index (κ2) is 6.35. The summed E-state index contributed by atoms with van der Waals surface area (Å²) in [4.78, 5) is 4.25. The summed E-state index contributed by atoms with van der Waals surface area (Å²) in [5.41, 5.74) is 7.41. The van der Waals surface area contributed by atoms with Gasteiger partial charge >= 0.3 is 0 Å². The second-order valence-electron chi connectivity index (χ2n) is 4.11. The molecule has 1 aromatic heterocycles. The van der Waals surface area contributed by atoms with Gasteiger partial charge in [-0.05, 0) is 41.8 Å². The van der Waals surface area contributed by atoms with Crippen molar-refractivity contribution in [2.45, 2.75) is 26.3 Å². The molecule has 4 nitrogen and oxygen atoms in total. The molecule has 1 rings (SSSR count). The Morgan fingerprint density at radius 2 is 2.29 bits per heavy atom. The van der Waals surface area contributed by atoms with E-state index < -0.39 is 10.8 Å². The number of aromatic nitrogens is 1. The van der Waals surface area contributed by atoms with Crippen LogP contribution in [0.2, 0.25) is 0 Å². The van der Waals surface area contributed by atoms with Crippen molar-refractivity contribution in [2.75, 3.05) is 23.1 Å². The number of pyridine rings is 1. The maximum absolute atomic E-state index is 11.0. The van der Waals surface area contributed by atoms with Crippen molar-refractivity contribution in [3.8, 4) is 0 Å². The summed E-state index contributed by atoms with van der Waals surface area (Å²) in [5, 5.41) is 3.29. The lowest BCUT2D eigenvalue weighted by Gasteiger charge is -2.16. The fourth-order valence-corrected chi connectivity index (χ4v) is 2.47. The van der Waals surface area contributed by atoms with Crippen LogP contribution in [0.15, 0.2) is 10.7 Å². The van der Waals surface area contributed by atoms with E-state index in [1.165, 1.54) is 0 Å². The molecule has 0 radical (unpaired) electrons. The zero-order valence-corrected chi connectivity index (χ0v) is 12.7. The third kappa shape index (κ3) is 4.27. The fourth-order valence-electron chi connectivity index (χ4n) is 1.34. The van der Waals surface area contributed by atoms with E-state index in [-0.39, 0.29) is 6.04 Å². The molecule has 2 unspecified atom stereocenters. The van der Waals surface area contributed by atoms with Gasteiger partial charge in [0.1, 0.15) is 5.82 Å². The summed E-state index contributed by atoms with van der Waals surface area (Å²) in [6.07, 6.45) is 4.21. The molecule has 0 saturated carbocycles. The van der Waals surface area contributed by atoms with Crippen molar-refractivity contribution < 1.29 is 4.21 Å². The van der Waals surface area contributed by atoms with E-state index in [1.807, 2.05) is 13.8 Å². The number of halogens is 1. The lowest BCUT2D eigenvalue weighted by Crippen LogP contribution is -2.19. The number of anilines is 2. The quantitative estimate of drug-likeness (QED) is 0.873. The molecule has 0 fully saturated rings. The molecule has 0 bridgehead atoms. The standard InChI is InChI=1S/C11H18BrN3OS/c1-7(4-5-17(3)16)15-11-10(12)8(2)9(13)6-14-11/h6-7H,4-5,13H2,1-3H3,(H,14,15). The van der Waals surface area contributed by atoms with E-state index in [4.69, 9.17) is 5.73 Å². The van der Waals surface area contributed by atoms with Crippen LogP contribution in [-0.2, 0) is 10.8 Å². The number of nitrogens with zero attached hydrogens (tertiary/aromatic N) is 1. The predicted molar refractivity (Wildman–Crippen MR) is 77.7 cm³/mol. The maximum atomic E-state index is 11.0. The SMILES string of the molecule is Cc1c(N)cnc(NC(C)CCS(C)=O)c1Br. The highest BCUT2D eigenvalue weighted by atomic mass is 79.9. The first-order valence-electron chi connectivity index (χ1n) is 5.39. The van der Waals surface area contributed by atoms with Gasteiger partial charge in [0.15, 0.2) is 0 Å². The Balaban J connectivity index is 2.68. The molecule has 0 aromatic carbocycles. The molecule has 0 aliphatic heterocycles. The van der Waals surface area contributed by atoms with E-state index in [1.54, 1.807) is 12.5 Å². The summed E-state index contributed by atoms with van der Waals surface area (Å²) < 4.78 is 11.9. The summed E-state index contributed by atoms with van der Waals surface area (Å²) in [5.74, 6) is 1.48. The summed E-state index contributed by atoms with van der Waals surface area (Å²) in [6.45, 7) is 3.99. The number of nitrogens with one attached hydrogen (secondary N) is 1. The van der Waals surface area contributed by atoms with Crippen molar-refractivity contribution in [2.24, 2.45) is 0 Å². The monoisotopic (exact) mass is 319 g/mol. The van der Waals surface area contributed by atoms with Crippen molar-refractivity contribution in [1.29, 1.82) is 0 Å². The largest absolute Gasteiger partial charge is 0.397 e. The Bertz CT molecular complexity index is 425. The van der Waals surface area contributed by atoms with Gasteiger partial charge < -0.3 is 11.1 Å². The first kappa shape index (κ1) is 14.4. The lowest BCUT2D eigenvalue weighted by molar-refractivity contribution is 0.678. The molecular formula is C11H18BrN3OS. The van der Waals surface area contributed by atoms with Crippen LogP contribution in [0.25, 0.3) is 0 Å². The number of nitrogens with two attached hydrogens (primary N) is 1. The average Bonchev–Trinajstić information content (AvgIpc) is 2.27. The Morgan fingerprint density at radius 1 is 1.65 bits per heavy atom. The highest BCUT2D eigenvalue weighted by Gasteiger charge is 2.10. The van der Waals surface area contributed by atoms with Crippen LogP contribution in [0.4, 0.5) is 11.5 Å². The smallest absolute Gasteiger partial charge is 0.140 e. The van der Waals surface area contributed by atoms with Crippen LogP contribution in [0.5, 0.6) is 0 Å². The number of rotatable bonds is 5. The van der Waals surface area contributed by atoms with Crippen LogP contribution in [0.1, 0.15) is 18.9 Å². The van der Waals surface area contributed by atoms with E-state index in [0.717, 1.165) is 22.3 Å². The molecule has 3 N–H and O–H groups in total. The molecule has 2 atom stereocenters. The van der Waals surface area contributed by atoms with Crippen molar-refractivity contribution in [1.82, 2.24) is 4.98 Å². The van der Waals surface area contributed by atoms with Gasteiger partial charge in [-0.1, -0.05) is 0 Å².